The molecule has 10 amide bonds. The molecule has 1 heterocycles. The van der Waals surface area contributed by atoms with Gasteiger partial charge in [-0.25, -0.2) is 4.99 Å². The Morgan fingerprint density at radius 3 is 1.73 bits per heavy atom. The third-order valence-electron chi connectivity index (χ3n) is 12.7. The molecule has 0 aromatic heterocycles. The minimum absolute atomic E-state index is 0.00963. The van der Waals surface area contributed by atoms with Gasteiger partial charge in [0.05, 0.1) is 12.1 Å². The van der Waals surface area contributed by atoms with Crippen molar-refractivity contribution in [1.29, 1.82) is 0 Å². The first kappa shape index (κ1) is 64.8. The van der Waals surface area contributed by atoms with Gasteiger partial charge in [0.1, 0.15) is 53.5 Å². The first-order valence-corrected chi connectivity index (χ1v) is 28.7. The first-order chi connectivity index (χ1) is 38.9. The SMILES string of the molecule is CC(=O)NCCCC[C@@H]1NC(=O)[C@@H](Cc2ccc(C(N)=O)cc2)NC(=O)[C@H](Cc2ccc(O)cc2)NC(=O)[C@H](NC(=O)[C@@H](N)Cc2ccc(Cl)cc2)CSSC[C@@H](C(=O)N=C(Cc2ccc(O)cc2)C(N)=O)NC(=O)[C@H]([C@@H](C)O)NC1=O. The van der Waals surface area contributed by atoms with Gasteiger partial charge in [-0.2, -0.15) is 0 Å². The van der Waals surface area contributed by atoms with Crippen molar-refractivity contribution in [3.8, 4) is 11.5 Å². The normalized spacial score (nSPS) is 20.5. The molecule has 1 fully saturated rings. The van der Waals surface area contributed by atoms with Crippen LogP contribution >= 0.6 is 33.2 Å². The monoisotopic (exact) mass is 1190 g/mol. The zero-order valence-corrected chi connectivity index (χ0v) is 47.1. The van der Waals surface area contributed by atoms with Crippen LogP contribution in [0.1, 0.15) is 65.7 Å². The highest BCUT2D eigenvalue weighted by atomic mass is 35.5. The molecule has 8 atom stereocenters. The number of amides is 10. The third-order valence-corrected chi connectivity index (χ3v) is 15.3. The summed E-state index contributed by atoms with van der Waals surface area (Å²) in [7, 11) is 1.83. The minimum atomic E-state index is -1.82. The van der Waals surface area contributed by atoms with E-state index in [9.17, 15) is 63.3 Å². The summed E-state index contributed by atoms with van der Waals surface area (Å²) in [4.78, 5) is 141. The third kappa shape index (κ3) is 21.1. The predicted octanol–water partition coefficient (Wildman–Crippen LogP) is -0.108. The van der Waals surface area contributed by atoms with Crippen molar-refractivity contribution in [2.45, 2.75) is 107 Å². The molecule has 0 bridgehead atoms. The number of aliphatic hydroxyl groups excluding tert-OH is 1. The fourth-order valence-electron chi connectivity index (χ4n) is 8.11. The topological polar surface area (TPSA) is 406 Å². The van der Waals surface area contributed by atoms with Gasteiger partial charge in [0, 0.05) is 54.8 Å². The van der Waals surface area contributed by atoms with Crippen molar-refractivity contribution in [3.05, 3.63) is 130 Å². The number of nitrogens with two attached hydrogens (primary N) is 3. The Kier molecular flexibility index (Phi) is 25.1. The number of carbonyl (C=O) groups excluding carboxylic acids is 10. The van der Waals surface area contributed by atoms with E-state index in [2.05, 4.69) is 42.2 Å². The van der Waals surface area contributed by atoms with Gasteiger partial charge in [0.25, 0.3) is 11.8 Å². The van der Waals surface area contributed by atoms with E-state index in [-0.39, 0.29) is 79.5 Å². The molecule has 0 saturated carbocycles. The van der Waals surface area contributed by atoms with Crippen LogP contribution in [0.15, 0.2) is 102 Å². The van der Waals surface area contributed by atoms with Gasteiger partial charge in [-0.3, -0.25) is 47.9 Å². The molecule has 1 aliphatic rings. The number of carbonyl (C=O) groups is 10. The fraction of sp³-hybridized carbons (Fsp3) is 0.364. The number of unbranched alkanes of at least 4 members (excludes halogenated alkanes) is 1. The number of aliphatic hydroxyl groups is 1. The van der Waals surface area contributed by atoms with E-state index in [1.54, 1.807) is 24.3 Å². The second-order valence-electron chi connectivity index (χ2n) is 19.3. The molecule has 0 radical (unpaired) electrons. The quantitative estimate of drug-likeness (QED) is 0.0331. The molecular weight excluding hydrogens is 1120 g/mol. The van der Waals surface area contributed by atoms with E-state index in [4.69, 9.17) is 28.8 Å². The average Bonchev–Trinajstić information content (AvgIpc) is 3.54. The van der Waals surface area contributed by atoms with E-state index in [0.29, 0.717) is 33.7 Å². The number of aromatic hydroxyl groups is 2. The maximum absolute atomic E-state index is 14.8. The van der Waals surface area contributed by atoms with Crippen molar-refractivity contribution in [3.63, 3.8) is 0 Å². The molecule has 82 heavy (non-hydrogen) atoms. The lowest BCUT2D eigenvalue weighted by molar-refractivity contribution is -0.136. The maximum Gasteiger partial charge on any atom is 0.269 e. The summed E-state index contributed by atoms with van der Waals surface area (Å²) in [5.74, 6) is -9.80. The Morgan fingerprint density at radius 1 is 0.671 bits per heavy atom. The highest BCUT2D eigenvalue weighted by Crippen LogP contribution is 2.25. The first-order valence-electron chi connectivity index (χ1n) is 25.8. The van der Waals surface area contributed by atoms with Crippen LogP contribution in [0.2, 0.25) is 5.02 Å². The van der Waals surface area contributed by atoms with Crippen LogP contribution in [0.3, 0.4) is 0 Å². The van der Waals surface area contributed by atoms with Crippen LogP contribution in [-0.4, -0.2) is 147 Å². The molecule has 27 heteroatoms. The number of benzene rings is 4. The van der Waals surface area contributed by atoms with Crippen LogP contribution in [-0.2, 0) is 68.8 Å². The van der Waals surface area contributed by atoms with Crippen LogP contribution in [0.4, 0.5) is 0 Å². The summed E-state index contributed by atoms with van der Waals surface area (Å²) < 4.78 is 0. The summed E-state index contributed by atoms with van der Waals surface area (Å²) in [5, 5.41) is 49.7. The van der Waals surface area contributed by atoms with Gasteiger partial charge in [0.2, 0.25) is 47.3 Å². The summed E-state index contributed by atoms with van der Waals surface area (Å²) >= 11 is 6.07. The Morgan fingerprint density at radius 2 is 1.18 bits per heavy atom. The summed E-state index contributed by atoms with van der Waals surface area (Å²) in [6, 6.07) is 12.9. The number of halogens is 1. The Hall–Kier alpha value is -8.04. The van der Waals surface area contributed by atoms with E-state index in [0.717, 1.165) is 21.6 Å². The number of phenolic OH excluding ortho intramolecular Hbond substituents is 2. The number of rotatable bonds is 19. The van der Waals surface area contributed by atoms with Gasteiger partial charge in [-0.15, -0.1) is 0 Å². The number of phenols is 2. The van der Waals surface area contributed by atoms with Gasteiger partial charge in [-0.05, 0) is 103 Å². The lowest BCUT2D eigenvalue weighted by Crippen LogP contribution is -2.61. The number of hydrogen-bond donors (Lipinski definition) is 13. The number of hydrogen-bond acceptors (Lipinski definition) is 16. The van der Waals surface area contributed by atoms with Crippen LogP contribution in [0.25, 0.3) is 0 Å². The molecule has 16 N–H and O–H groups in total. The number of nitrogens with zero attached hydrogens (tertiary/aromatic N) is 1. The molecule has 1 saturated heterocycles. The Bertz CT molecular complexity index is 2950. The van der Waals surface area contributed by atoms with E-state index < -0.39 is 107 Å². The summed E-state index contributed by atoms with van der Waals surface area (Å²) in [6.07, 6.45) is -2.10. The van der Waals surface area contributed by atoms with Crippen molar-refractivity contribution in [1.82, 2.24) is 37.2 Å². The van der Waals surface area contributed by atoms with Crippen LogP contribution < -0.4 is 54.4 Å². The molecule has 0 spiro atoms. The second kappa shape index (κ2) is 31.8. The molecule has 5 rings (SSSR count). The zero-order valence-electron chi connectivity index (χ0n) is 44.7. The van der Waals surface area contributed by atoms with Crippen molar-refractivity contribution in [2.75, 3.05) is 18.1 Å². The molecule has 4 aromatic rings. The smallest absolute Gasteiger partial charge is 0.269 e. The average molecular weight is 1190 g/mol. The maximum atomic E-state index is 14.8. The van der Waals surface area contributed by atoms with E-state index in [1.807, 2.05) is 0 Å². The van der Waals surface area contributed by atoms with Gasteiger partial charge < -0.3 is 69.7 Å². The molecule has 24 nitrogen and oxygen atoms in total. The van der Waals surface area contributed by atoms with Gasteiger partial charge in [-0.1, -0.05) is 81.7 Å². The fourth-order valence-corrected chi connectivity index (χ4v) is 10.6. The largest absolute Gasteiger partial charge is 0.508 e. The molecule has 0 aliphatic carbocycles. The standard InChI is InChI=1S/C55H66ClN11O13S2/c1-29(68)46-55(80)66-45(53(78)62-41(48(59)73)24-33-10-18-37(70)19-11-33)28-82-81-27-44(65-49(74)39(57)23-31-8-16-36(56)17-9-31)54(79)64-43(26-34-12-20-38(71)21-13-34)52(77)63-42(25-32-6-14-35(15-7-32)47(58)72)51(76)61-40(50(75)67-46)5-3-4-22-60-30(2)69/h6-21,29,39-40,42-46,68,70-71H,3-5,22-28,57H2,1-2H3,(H2,58,72)(H2,59,73)(H,60,69)(H,61,76)(H,63,77)(H,64,79)(H,65,74)(H,66,80)(H,67,75)/t29-,39+,40+,42-,43+,44-,45+,46+/m1/s1. The van der Waals surface area contributed by atoms with Crippen molar-refractivity contribution < 1.29 is 63.3 Å². The molecule has 1 aliphatic heterocycles. The number of aliphatic imine (C=N–C) groups is 1. The van der Waals surface area contributed by atoms with Gasteiger partial charge >= 0.3 is 0 Å². The minimum Gasteiger partial charge on any atom is -0.508 e. The van der Waals surface area contributed by atoms with Crippen molar-refractivity contribution in [2.24, 2.45) is 22.2 Å². The molecular formula is C55H66ClN11O13S2. The van der Waals surface area contributed by atoms with Gasteiger partial charge in [0.15, 0.2) is 0 Å². The van der Waals surface area contributed by atoms with E-state index >= 15 is 0 Å². The molecule has 0 unspecified atom stereocenters. The molecule has 438 valence electrons. The highest BCUT2D eigenvalue weighted by molar-refractivity contribution is 8.76. The Labute approximate surface area is 485 Å². The molecule has 4 aromatic carbocycles. The van der Waals surface area contributed by atoms with Crippen LogP contribution in [0.5, 0.6) is 11.5 Å². The lowest BCUT2D eigenvalue weighted by atomic mass is 10.00. The second-order valence-corrected chi connectivity index (χ2v) is 22.2. The number of primary amides is 2. The van der Waals surface area contributed by atoms with Crippen LogP contribution in [0, 0.1) is 0 Å². The summed E-state index contributed by atoms with van der Waals surface area (Å²) in [6.45, 7) is 2.68. The predicted molar refractivity (Wildman–Crippen MR) is 308 cm³/mol. The summed E-state index contributed by atoms with van der Waals surface area (Å²) in [5.41, 5.74) is 19.1. The van der Waals surface area contributed by atoms with E-state index in [1.165, 1.54) is 86.6 Å². The lowest BCUT2D eigenvalue weighted by Gasteiger charge is -2.29. The Balaban J connectivity index is 1.60. The number of nitrogens with one attached hydrogen (secondary N) is 7. The highest BCUT2D eigenvalue weighted by Gasteiger charge is 2.36. The van der Waals surface area contributed by atoms with Crippen molar-refractivity contribution >= 4 is 98.0 Å². The zero-order chi connectivity index (χ0) is 60.0.